The number of piperidine rings is 1. The molecule has 1 aliphatic heterocycles. The van der Waals surface area contributed by atoms with Crippen molar-refractivity contribution in [2.24, 2.45) is 13.0 Å². The number of nitrogens with zero attached hydrogens (tertiary/aromatic N) is 5. The van der Waals surface area contributed by atoms with Gasteiger partial charge in [-0.3, -0.25) is 14.9 Å². The van der Waals surface area contributed by atoms with Gasteiger partial charge < -0.3 is 9.67 Å². The van der Waals surface area contributed by atoms with Crippen LogP contribution < -0.4 is 0 Å². The molecule has 1 saturated heterocycles. The number of fused-ring (bicyclic) bond motifs is 1. The fraction of sp³-hybridized carbons (Fsp3) is 0.433. The highest BCUT2D eigenvalue weighted by atomic mass is 35.5. The van der Waals surface area contributed by atoms with E-state index in [2.05, 4.69) is 9.97 Å². The van der Waals surface area contributed by atoms with E-state index in [4.69, 9.17) is 16.6 Å². The van der Waals surface area contributed by atoms with Crippen LogP contribution in [-0.4, -0.2) is 48.8 Å². The predicted molar refractivity (Wildman–Crippen MR) is 147 cm³/mol. The van der Waals surface area contributed by atoms with Crippen molar-refractivity contribution in [3.63, 3.8) is 0 Å². The fourth-order valence-corrected chi connectivity index (χ4v) is 6.28. The van der Waals surface area contributed by atoms with Crippen molar-refractivity contribution in [3.8, 4) is 0 Å². The number of aryl methyl sites for hydroxylation is 1. The summed E-state index contributed by atoms with van der Waals surface area (Å²) in [7, 11) is 1.62. The number of aliphatic hydroxyl groups is 1. The molecule has 1 atom stereocenters. The topological polar surface area (TPSA) is 67.1 Å². The number of likely N-dealkylation sites (tertiary alicyclic amines) is 1. The Balaban J connectivity index is 1.45. The van der Waals surface area contributed by atoms with Crippen molar-refractivity contribution < 1.29 is 31.4 Å². The summed E-state index contributed by atoms with van der Waals surface area (Å²) in [5.74, 6) is -1.12. The molecular weight excluding hydrogens is 596 g/mol. The lowest BCUT2D eigenvalue weighted by molar-refractivity contribution is -0.185. The Kier molecular flexibility index (Phi) is 7.45. The van der Waals surface area contributed by atoms with Crippen molar-refractivity contribution in [3.05, 3.63) is 87.8 Å². The van der Waals surface area contributed by atoms with E-state index in [-0.39, 0.29) is 48.7 Å². The molecule has 4 heterocycles. The van der Waals surface area contributed by atoms with Gasteiger partial charge in [-0.15, -0.1) is 0 Å². The Bertz CT molecular complexity index is 1660. The Labute approximate surface area is 248 Å². The lowest BCUT2D eigenvalue weighted by Crippen LogP contribution is -2.38. The second-order valence-corrected chi connectivity index (χ2v) is 11.8. The minimum Gasteiger partial charge on any atom is -0.374 e. The van der Waals surface area contributed by atoms with E-state index in [0.29, 0.717) is 22.5 Å². The summed E-state index contributed by atoms with van der Waals surface area (Å²) >= 11 is 7.04. The highest BCUT2D eigenvalue weighted by Crippen LogP contribution is 2.46. The first-order chi connectivity index (χ1) is 20.3. The molecule has 0 unspecified atom stereocenters. The number of hydrogen-bond acceptors (Lipinski definition) is 5. The molecule has 2 aliphatic rings. The van der Waals surface area contributed by atoms with Crippen molar-refractivity contribution in [1.29, 1.82) is 0 Å². The molecule has 4 aromatic rings. The maximum atomic E-state index is 13.6. The zero-order chi connectivity index (χ0) is 30.7. The molecule has 6 nitrogen and oxygen atoms in total. The summed E-state index contributed by atoms with van der Waals surface area (Å²) in [6, 6.07) is 7.02. The highest BCUT2D eigenvalue weighted by molar-refractivity contribution is 6.36. The van der Waals surface area contributed by atoms with E-state index in [1.54, 1.807) is 25.2 Å². The molecule has 3 aromatic heterocycles. The highest BCUT2D eigenvalue weighted by Gasteiger charge is 2.42. The van der Waals surface area contributed by atoms with Gasteiger partial charge in [-0.25, -0.2) is 4.98 Å². The van der Waals surface area contributed by atoms with Crippen molar-refractivity contribution in [1.82, 2.24) is 24.4 Å². The minimum absolute atomic E-state index is 0.00855. The molecule has 0 amide bonds. The SMILES string of the molecule is Cn1cncc1[C@@](O)(c1ccnc(C(F)(F)F)c1)c1ccc2nc(C3CC3)c(CN3CCC(C(F)(F)F)CC3)c(Cl)c2c1. The molecule has 228 valence electrons. The van der Waals surface area contributed by atoms with Gasteiger partial charge in [0.1, 0.15) is 5.69 Å². The minimum atomic E-state index is -4.73. The van der Waals surface area contributed by atoms with Crippen LogP contribution in [0.15, 0.2) is 49.1 Å². The third-order valence-corrected chi connectivity index (χ3v) is 8.95. The summed E-state index contributed by atoms with van der Waals surface area (Å²) in [5, 5.41) is 13.1. The summed E-state index contributed by atoms with van der Waals surface area (Å²) < 4.78 is 82.1. The zero-order valence-electron chi connectivity index (χ0n) is 23.1. The van der Waals surface area contributed by atoms with Crippen LogP contribution >= 0.6 is 11.6 Å². The van der Waals surface area contributed by atoms with E-state index in [9.17, 15) is 31.4 Å². The number of aromatic nitrogens is 4. The van der Waals surface area contributed by atoms with Crippen LogP contribution in [0.3, 0.4) is 0 Å². The van der Waals surface area contributed by atoms with Gasteiger partial charge in [0.2, 0.25) is 0 Å². The number of hydrogen-bond donors (Lipinski definition) is 1. The lowest BCUT2D eigenvalue weighted by Gasteiger charge is -2.33. The molecule has 1 aromatic carbocycles. The first kappa shape index (κ1) is 29.8. The molecule has 1 aliphatic carbocycles. The van der Waals surface area contributed by atoms with Crippen LogP contribution in [-0.2, 0) is 25.4 Å². The zero-order valence-corrected chi connectivity index (χ0v) is 23.8. The number of halogens is 7. The van der Waals surface area contributed by atoms with Gasteiger partial charge in [0.15, 0.2) is 5.60 Å². The van der Waals surface area contributed by atoms with E-state index in [0.717, 1.165) is 36.4 Å². The molecule has 43 heavy (non-hydrogen) atoms. The van der Waals surface area contributed by atoms with Gasteiger partial charge in [0.25, 0.3) is 0 Å². The quantitative estimate of drug-likeness (QED) is 0.235. The van der Waals surface area contributed by atoms with Crippen LogP contribution in [0.4, 0.5) is 26.3 Å². The monoisotopic (exact) mass is 623 g/mol. The van der Waals surface area contributed by atoms with Crippen molar-refractivity contribution in [2.75, 3.05) is 13.1 Å². The summed E-state index contributed by atoms with van der Waals surface area (Å²) in [5.41, 5.74) is -0.740. The van der Waals surface area contributed by atoms with Gasteiger partial charge in [0, 0.05) is 36.7 Å². The molecular formula is C30H28ClF6N5O. The Hall–Kier alpha value is -3.22. The molecule has 1 N–H and O–H groups in total. The molecule has 13 heteroatoms. The van der Waals surface area contributed by atoms with Gasteiger partial charge >= 0.3 is 12.4 Å². The fourth-order valence-electron chi connectivity index (χ4n) is 5.97. The number of alkyl halides is 6. The number of pyridine rings is 2. The summed E-state index contributed by atoms with van der Waals surface area (Å²) in [6.07, 6.45) is -3.26. The number of benzene rings is 1. The number of imidazole rings is 1. The first-order valence-corrected chi connectivity index (χ1v) is 14.3. The average Bonchev–Trinajstić information content (AvgIpc) is 3.72. The lowest BCUT2D eigenvalue weighted by atomic mass is 9.83. The van der Waals surface area contributed by atoms with Crippen molar-refractivity contribution in [2.45, 2.75) is 56.1 Å². The third-order valence-electron chi connectivity index (χ3n) is 8.52. The maximum Gasteiger partial charge on any atom is 0.433 e. The Morgan fingerprint density at radius 2 is 1.67 bits per heavy atom. The molecule has 0 radical (unpaired) electrons. The summed E-state index contributed by atoms with van der Waals surface area (Å²) in [6.45, 7) is 0.868. The second-order valence-electron chi connectivity index (χ2n) is 11.4. The van der Waals surface area contributed by atoms with E-state index in [1.165, 1.54) is 23.2 Å². The molecule has 0 bridgehead atoms. The van der Waals surface area contributed by atoms with Crippen molar-refractivity contribution >= 4 is 22.5 Å². The smallest absolute Gasteiger partial charge is 0.374 e. The largest absolute Gasteiger partial charge is 0.433 e. The van der Waals surface area contributed by atoms with Gasteiger partial charge in [-0.05, 0) is 74.2 Å². The van der Waals surface area contributed by atoms with E-state index in [1.807, 2.05) is 4.90 Å². The van der Waals surface area contributed by atoms with Crippen LogP contribution in [0.5, 0.6) is 0 Å². The maximum absolute atomic E-state index is 13.6. The van der Waals surface area contributed by atoms with Crippen LogP contribution in [0.25, 0.3) is 10.9 Å². The molecule has 0 spiro atoms. The van der Waals surface area contributed by atoms with E-state index < -0.39 is 29.6 Å². The van der Waals surface area contributed by atoms with Crippen LogP contribution in [0.1, 0.15) is 65.4 Å². The van der Waals surface area contributed by atoms with Crippen LogP contribution in [0, 0.1) is 5.92 Å². The molecule has 2 fully saturated rings. The number of rotatable bonds is 6. The third kappa shape index (κ3) is 5.60. The predicted octanol–water partition coefficient (Wildman–Crippen LogP) is 6.97. The second kappa shape index (κ2) is 10.7. The van der Waals surface area contributed by atoms with Gasteiger partial charge in [0.05, 0.1) is 40.4 Å². The van der Waals surface area contributed by atoms with Gasteiger partial charge in [-0.2, -0.15) is 26.3 Å². The van der Waals surface area contributed by atoms with Crippen LogP contribution in [0.2, 0.25) is 5.02 Å². The Morgan fingerprint density at radius 1 is 0.977 bits per heavy atom. The van der Waals surface area contributed by atoms with Gasteiger partial charge in [-0.1, -0.05) is 17.7 Å². The average molecular weight is 624 g/mol. The normalized spacial score (nSPS) is 18.7. The standard InChI is InChI=1S/C30H28ClF6N5O/c1-41-16-38-14-25(41)28(43,20-6-9-39-24(13-20)30(35,36)37)19-4-5-23-21(12-19)26(31)22(27(40-23)17-2-3-17)15-42-10-7-18(8-11-42)29(32,33)34/h4-6,9,12-14,16-18,43H,2-3,7-8,10-11,15H2,1H3/t28-/m0/s1. The van der Waals surface area contributed by atoms with E-state index >= 15 is 0 Å². The Morgan fingerprint density at radius 3 is 2.28 bits per heavy atom. The first-order valence-electron chi connectivity index (χ1n) is 13.9. The molecule has 6 rings (SSSR count). The molecule has 1 saturated carbocycles. The summed E-state index contributed by atoms with van der Waals surface area (Å²) in [4.78, 5) is 14.4.